The van der Waals surface area contributed by atoms with Crippen LogP contribution in [0.15, 0.2) is 30.5 Å². The molecule has 0 atom stereocenters. The molecule has 0 aliphatic carbocycles. The highest BCUT2D eigenvalue weighted by Gasteiger charge is 1.99. The zero-order valence-corrected chi connectivity index (χ0v) is 7.91. The van der Waals surface area contributed by atoms with Crippen LogP contribution < -0.4 is 4.74 Å². The number of hydrogen-bond donors (Lipinski definition) is 0. The highest BCUT2D eigenvalue weighted by atomic mass is 32.1. The Balaban J connectivity index is 2.22. The van der Waals surface area contributed by atoms with Crippen molar-refractivity contribution in [2.45, 2.75) is 0 Å². The van der Waals surface area contributed by atoms with Crippen molar-refractivity contribution in [3.63, 3.8) is 0 Å². The molecule has 0 saturated heterocycles. The van der Waals surface area contributed by atoms with E-state index in [1.54, 1.807) is 30.5 Å². The number of hydrogen-bond acceptors (Lipinski definition) is 4. The van der Waals surface area contributed by atoms with Crippen LogP contribution in [-0.2, 0) is 0 Å². The molecule has 3 nitrogen and oxygen atoms in total. The molecule has 0 N–H and O–H groups in total. The lowest BCUT2D eigenvalue weighted by Crippen LogP contribution is -1.81. The highest BCUT2D eigenvalue weighted by Crippen LogP contribution is 2.24. The second-order valence-corrected chi connectivity index (χ2v) is 3.30. The standard InChI is InChI=1S/C10H5N2OS/c11-5-8-2-1-3-9(4-8)13-10-6-12-7-14-10/h1-4,6H. The lowest BCUT2D eigenvalue weighted by atomic mass is 10.2. The van der Waals surface area contributed by atoms with Crippen molar-refractivity contribution in [1.82, 2.24) is 4.98 Å². The zero-order chi connectivity index (χ0) is 9.80. The van der Waals surface area contributed by atoms with E-state index >= 15 is 0 Å². The maximum absolute atomic E-state index is 8.67. The summed E-state index contributed by atoms with van der Waals surface area (Å²) < 4.78 is 5.43. The number of aromatic nitrogens is 1. The molecule has 14 heavy (non-hydrogen) atoms. The van der Waals surface area contributed by atoms with Gasteiger partial charge in [-0.2, -0.15) is 5.26 Å². The van der Waals surface area contributed by atoms with Crippen LogP contribution in [0.25, 0.3) is 0 Å². The molecule has 0 bridgehead atoms. The summed E-state index contributed by atoms with van der Waals surface area (Å²) >= 11 is 1.29. The van der Waals surface area contributed by atoms with Crippen LogP contribution in [0, 0.1) is 16.8 Å². The lowest BCUT2D eigenvalue weighted by molar-refractivity contribution is 0.495. The van der Waals surface area contributed by atoms with Gasteiger partial charge in [0.05, 0.1) is 17.8 Å². The molecule has 0 saturated carbocycles. The number of nitriles is 1. The summed E-state index contributed by atoms with van der Waals surface area (Å²) in [5.41, 5.74) is 3.26. The predicted molar refractivity (Wildman–Crippen MR) is 52.2 cm³/mol. The van der Waals surface area contributed by atoms with Crippen molar-refractivity contribution in [3.8, 4) is 16.9 Å². The minimum atomic E-state index is 0.580. The third-order valence-corrected chi connectivity index (χ3v) is 2.14. The second kappa shape index (κ2) is 3.90. The van der Waals surface area contributed by atoms with Gasteiger partial charge in [0.1, 0.15) is 5.75 Å². The van der Waals surface area contributed by atoms with E-state index < -0.39 is 0 Å². The molecule has 2 rings (SSSR count). The van der Waals surface area contributed by atoms with Crippen LogP contribution in [0.4, 0.5) is 0 Å². The van der Waals surface area contributed by atoms with Gasteiger partial charge in [-0.3, -0.25) is 0 Å². The van der Waals surface area contributed by atoms with E-state index in [0.29, 0.717) is 16.4 Å². The van der Waals surface area contributed by atoms with Crippen molar-refractivity contribution in [2.24, 2.45) is 0 Å². The molecular formula is C10H5N2OS. The second-order valence-electron chi connectivity index (χ2n) is 2.51. The number of ether oxygens (including phenoxy) is 1. The Labute approximate surface area is 85.2 Å². The van der Waals surface area contributed by atoms with Crippen LogP contribution >= 0.6 is 11.3 Å². The molecule has 0 fully saturated rings. The van der Waals surface area contributed by atoms with Gasteiger partial charge in [-0.1, -0.05) is 17.4 Å². The fraction of sp³-hybridized carbons (Fsp3) is 0. The molecule has 67 valence electrons. The molecule has 4 heteroatoms. The van der Waals surface area contributed by atoms with E-state index in [4.69, 9.17) is 10.00 Å². The number of nitrogens with zero attached hydrogens (tertiary/aromatic N) is 2. The van der Waals surface area contributed by atoms with E-state index in [-0.39, 0.29) is 0 Å². The topological polar surface area (TPSA) is 45.9 Å². The highest BCUT2D eigenvalue weighted by molar-refractivity contribution is 7.11. The average Bonchev–Trinajstić information content (AvgIpc) is 2.71. The summed E-state index contributed by atoms with van der Waals surface area (Å²) in [4.78, 5) is 3.76. The minimum absolute atomic E-state index is 0.580. The molecule has 0 aliphatic rings. The average molecular weight is 201 g/mol. The number of rotatable bonds is 2. The quantitative estimate of drug-likeness (QED) is 0.750. The van der Waals surface area contributed by atoms with Gasteiger partial charge < -0.3 is 4.74 Å². The Kier molecular flexibility index (Phi) is 2.43. The zero-order valence-electron chi connectivity index (χ0n) is 7.10. The maximum atomic E-state index is 8.67. The number of benzene rings is 1. The van der Waals surface area contributed by atoms with Gasteiger partial charge >= 0.3 is 0 Å². The smallest absolute Gasteiger partial charge is 0.201 e. The van der Waals surface area contributed by atoms with Crippen molar-refractivity contribution in [1.29, 1.82) is 5.26 Å². The molecule has 0 unspecified atom stereocenters. The van der Waals surface area contributed by atoms with E-state index in [9.17, 15) is 0 Å². The third kappa shape index (κ3) is 1.90. The first kappa shape index (κ1) is 8.73. The van der Waals surface area contributed by atoms with Crippen LogP contribution in [0.3, 0.4) is 0 Å². The van der Waals surface area contributed by atoms with E-state index in [1.807, 2.05) is 6.07 Å². The predicted octanol–water partition coefficient (Wildman–Crippen LogP) is 2.61. The first-order chi connectivity index (χ1) is 6.88. The molecule has 1 aromatic heterocycles. The summed E-state index contributed by atoms with van der Waals surface area (Å²) in [5.74, 6) is 0.640. The van der Waals surface area contributed by atoms with Gasteiger partial charge in [0, 0.05) is 0 Å². The van der Waals surface area contributed by atoms with Crippen molar-refractivity contribution < 1.29 is 4.74 Å². The molecule has 2 aromatic rings. The Morgan fingerprint density at radius 3 is 3.14 bits per heavy atom. The Bertz CT molecular complexity index is 459. The summed E-state index contributed by atoms with van der Waals surface area (Å²) in [6, 6.07) is 9.02. The van der Waals surface area contributed by atoms with Crippen LogP contribution in [0.2, 0.25) is 0 Å². The molecule has 0 aliphatic heterocycles. The molecule has 0 amide bonds. The van der Waals surface area contributed by atoms with Gasteiger partial charge in [0.15, 0.2) is 5.51 Å². The monoisotopic (exact) mass is 201 g/mol. The summed E-state index contributed by atoms with van der Waals surface area (Å²) in [7, 11) is 0. The van der Waals surface area contributed by atoms with Crippen LogP contribution in [-0.4, -0.2) is 4.98 Å². The van der Waals surface area contributed by atoms with Crippen LogP contribution in [0.1, 0.15) is 5.56 Å². The fourth-order valence-corrected chi connectivity index (χ4v) is 1.41. The Hall–Kier alpha value is -1.86. The van der Waals surface area contributed by atoms with E-state index in [1.165, 1.54) is 11.3 Å². The fourth-order valence-electron chi connectivity index (χ4n) is 0.969. The summed E-state index contributed by atoms with van der Waals surface area (Å²) in [6.45, 7) is 0. The molecule has 1 aromatic carbocycles. The Morgan fingerprint density at radius 2 is 2.43 bits per heavy atom. The van der Waals surface area contributed by atoms with E-state index in [0.717, 1.165) is 0 Å². The van der Waals surface area contributed by atoms with Crippen molar-refractivity contribution >= 4 is 11.3 Å². The molecular weight excluding hydrogens is 196 g/mol. The summed E-state index contributed by atoms with van der Waals surface area (Å²) in [6.07, 6.45) is 1.59. The first-order valence-electron chi connectivity index (χ1n) is 3.88. The largest absolute Gasteiger partial charge is 0.445 e. The Morgan fingerprint density at radius 1 is 1.50 bits per heavy atom. The third-order valence-electron chi connectivity index (χ3n) is 1.55. The van der Waals surface area contributed by atoms with Gasteiger partial charge in [-0.15, -0.1) is 0 Å². The van der Waals surface area contributed by atoms with Gasteiger partial charge in [-0.05, 0) is 18.2 Å². The number of thiazole rings is 1. The molecule has 1 heterocycles. The SMILES string of the molecule is N#Cc1cccc(Oc2cn[c]s2)c1. The summed E-state index contributed by atoms with van der Waals surface area (Å²) in [5, 5.41) is 9.33. The van der Waals surface area contributed by atoms with Gasteiger partial charge in [-0.25, -0.2) is 4.98 Å². The minimum Gasteiger partial charge on any atom is -0.445 e. The molecule has 1 radical (unpaired) electrons. The molecule has 0 spiro atoms. The van der Waals surface area contributed by atoms with Gasteiger partial charge in [0.2, 0.25) is 5.06 Å². The first-order valence-corrected chi connectivity index (χ1v) is 4.70. The lowest BCUT2D eigenvalue weighted by Gasteiger charge is -2.00. The van der Waals surface area contributed by atoms with Crippen molar-refractivity contribution in [3.05, 3.63) is 41.5 Å². The normalized spacial score (nSPS) is 9.36. The van der Waals surface area contributed by atoms with Crippen LogP contribution in [0.5, 0.6) is 10.8 Å². The maximum Gasteiger partial charge on any atom is 0.201 e. The van der Waals surface area contributed by atoms with Gasteiger partial charge in [0.25, 0.3) is 0 Å². The van der Waals surface area contributed by atoms with Crippen molar-refractivity contribution in [2.75, 3.05) is 0 Å². The van der Waals surface area contributed by atoms with E-state index in [2.05, 4.69) is 10.5 Å².